The second-order valence-corrected chi connectivity index (χ2v) is 5.27. The molecule has 0 aromatic heterocycles. The first-order valence-electron chi connectivity index (χ1n) is 6.73. The van der Waals surface area contributed by atoms with Gasteiger partial charge in [-0.3, -0.25) is 0 Å². The fraction of sp³-hybridized carbons (Fsp3) is 0.600. The van der Waals surface area contributed by atoms with E-state index in [0.717, 1.165) is 5.56 Å². The van der Waals surface area contributed by atoms with Gasteiger partial charge < -0.3 is 19.7 Å². The van der Waals surface area contributed by atoms with Gasteiger partial charge in [-0.1, -0.05) is 44.2 Å². The quantitative estimate of drug-likeness (QED) is 0.868. The summed E-state index contributed by atoms with van der Waals surface area (Å²) in [5.74, 6) is -0.311. The Labute approximate surface area is 114 Å². The monoisotopic (exact) mass is 266 g/mol. The number of rotatable bonds is 4. The Morgan fingerprint density at radius 1 is 1.11 bits per heavy atom. The molecule has 0 spiro atoms. The van der Waals surface area contributed by atoms with E-state index in [2.05, 4.69) is 0 Å². The van der Waals surface area contributed by atoms with Crippen LogP contribution in [0, 0.1) is 11.8 Å². The summed E-state index contributed by atoms with van der Waals surface area (Å²) in [4.78, 5) is 0. The first-order valence-corrected chi connectivity index (χ1v) is 6.73. The lowest BCUT2D eigenvalue weighted by Gasteiger charge is -2.40. The van der Waals surface area contributed by atoms with Crippen molar-refractivity contribution in [1.82, 2.24) is 0 Å². The molecule has 1 aliphatic heterocycles. The zero-order chi connectivity index (χ0) is 13.8. The van der Waals surface area contributed by atoms with Gasteiger partial charge in [-0.25, -0.2) is 0 Å². The SMILES string of the molecule is C[C@@H]1[C@@H](O)[C@@H](C)C(O)O[C@H]1COCc1ccccc1. The van der Waals surface area contributed by atoms with Crippen LogP contribution in [-0.2, 0) is 16.1 Å². The summed E-state index contributed by atoms with van der Waals surface area (Å²) in [6.07, 6.45) is -1.75. The highest BCUT2D eigenvalue weighted by molar-refractivity contribution is 5.13. The molecule has 4 nitrogen and oxygen atoms in total. The molecule has 5 atom stereocenters. The minimum atomic E-state index is -0.920. The van der Waals surface area contributed by atoms with Gasteiger partial charge >= 0.3 is 0 Å². The molecule has 0 radical (unpaired) electrons. The molecule has 1 heterocycles. The smallest absolute Gasteiger partial charge is 0.160 e. The van der Waals surface area contributed by atoms with Gasteiger partial charge in [-0.15, -0.1) is 0 Å². The Morgan fingerprint density at radius 2 is 1.79 bits per heavy atom. The van der Waals surface area contributed by atoms with E-state index in [1.54, 1.807) is 6.92 Å². The maximum atomic E-state index is 10.0. The number of hydrogen-bond acceptors (Lipinski definition) is 4. The molecule has 1 aromatic carbocycles. The highest BCUT2D eigenvalue weighted by Gasteiger charge is 2.39. The Kier molecular flexibility index (Phi) is 4.93. The molecule has 19 heavy (non-hydrogen) atoms. The molecule has 1 aliphatic rings. The predicted octanol–water partition coefficient (Wildman–Crippen LogP) is 1.55. The van der Waals surface area contributed by atoms with Crippen LogP contribution in [0.3, 0.4) is 0 Å². The van der Waals surface area contributed by atoms with Crippen LogP contribution < -0.4 is 0 Å². The van der Waals surface area contributed by atoms with Crippen molar-refractivity contribution in [2.75, 3.05) is 6.61 Å². The van der Waals surface area contributed by atoms with Gasteiger partial charge in [0.05, 0.1) is 25.4 Å². The van der Waals surface area contributed by atoms with Gasteiger partial charge in [0, 0.05) is 11.8 Å². The minimum Gasteiger partial charge on any atom is -0.392 e. The zero-order valence-corrected chi connectivity index (χ0v) is 11.4. The Bertz CT molecular complexity index is 381. The van der Waals surface area contributed by atoms with Crippen molar-refractivity contribution >= 4 is 0 Å². The molecular formula is C15H22O4. The summed E-state index contributed by atoms with van der Waals surface area (Å²) in [5, 5.41) is 19.7. The lowest BCUT2D eigenvalue weighted by atomic mass is 9.86. The van der Waals surface area contributed by atoms with Gasteiger partial charge in [-0.05, 0) is 5.56 Å². The summed E-state index contributed by atoms with van der Waals surface area (Å²) < 4.78 is 11.1. The molecule has 106 valence electrons. The van der Waals surface area contributed by atoms with Gasteiger partial charge in [0.1, 0.15) is 0 Å². The third kappa shape index (κ3) is 3.54. The van der Waals surface area contributed by atoms with Crippen LogP contribution in [0.5, 0.6) is 0 Å². The van der Waals surface area contributed by atoms with E-state index in [1.807, 2.05) is 37.3 Å². The van der Waals surface area contributed by atoms with Crippen molar-refractivity contribution in [3.8, 4) is 0 Å². The van der Waals surface area contributed by atoms with E-state index in [9.17, 15) is 10.2 Å². The second-order valence-electron chi connectivity index (χ2n) is 5.27. The number of hydrogen-bond donors (Lipinski definition) is 2. The molecule has 1 unspecified atom stereocenters. The van der Waals surface area contributed by atoms with Crippen LogP contribution in [-0.4, -0.2) is 35.3 Å². The Morgan fingerprint density at radius 3 is 2.47 bits per heavy atom. The normalized spacial score (nSPS) is 35.3. The first-order chi connectivity index (χ1) is 9.09. The van der Waals surface area contributed by atoms with Crippen LogP contribution in [0.4, 0.5) is 0 Å². The average molecular weight is 266 g/mol. The second kappa shape index (κ2) is 6.48. The first kappa shape index (κ1) is 14.5. The molecule has 4 heteroatoms. The van der Waals surface area contributed by atoms with Gasteiger partial charge in [-0.2, -0.15) is 0 Å². The molecule has 2 N–H and O–H groups in total. The van der Waals surface area contributed by atoms with Crippen molar-refractivity contribution in [2.45, 2.75) is 39.0 Å². The summed E-state index contributed by atoms with van der Waals surface area (Å²) in [6, 6.07) is 9.89. The minimum absolute atomic E-state index is 0.0471. The fourth-order valence-electron chi connectivity index (χ4n) is 2.35. The summed E-state index contributed by atoms with van der Waals surface area (Å²) in [6.45, 7) is 4.59. The lowest BCUT2D eigenvalue weighted by Crippen LogP contribution is -2.50. The van der Waals surface area contributed by atoms with Crippen molar-refractivity contribution in [1.29, 1.82) is 0 Å². The van der Waals surface area contributed by atoms with Gasteiger partial charge in [0.15, 0.2) is 6.29 Å². The summed E-state index contributed by atoms with van der Waals surface area (Å²) >= 11 is 0. The summed E-state index contributed by atoms with van der Waals surface area (Å²) in [5.41, 5.74) is 1.10. The van der Waals surface area contributed by atoms with Crippen LogP contribution in [0.1, 0.15) is 19.4 Å². The van der Waals surface area contributed by atoms with E-state index in [0.29, 0.717) is 13.2 Å². The Hall–Kier alpha value is -0.940. The van der Waals surface area contributed by atoms with Crippen LogP contribution in [0.15, 0.2) is 30.3 Å². The van der Waals surface area contributed by atoms with E-state index in [1.165, 1.54) is 0 Å². The number of aliphatic hydroxyl groups excluding tert-OH is 2. The molecule has 0 bridgehead atoms. The van der Waals surface area contributed by atoms with Gasteiger partial charge in [0.2, 0.25) is 0 Å². The maximum Gasteiger partial charge on any atom is 0.160 e. The molecule has 0 saturated carbocycles. The molecule has 0 aliphatic carbocycles. The van der Waals surface area contributed by atoms with Crippen LogP contribution in [0.2, 0.25) is 0 Å². The van der Waals surface area contributed by atoms with Crippen molar-refractivity contribution in [3.05, 3.63) is 35.9 Å². The van der Waals surface area contributed by atoms with Crippen LogP contribution in [0.25, 0.3) is 0 Å². The van der Waals surface area contributed by atoms with Crippen molar-refractivity contribution in [2.24, 2.45) is 11.8 Å². The number of benzene rings is 1. The third-order valence-electron chi connectivity index (χ3n) is 3.82. The third-order valence-corrected chi connectivity index (χ3v) is 3.82. The molecule has 1 saturated heterocycles. The number of aliphatic hydroxyl groups is 2. The number of ether oxygens (including phenoxy) is 2. The largest absolute Gasteiger partial charge is 0.392 e. The summed E-state index contributed by atoms with van der Waals surface area (Å²) in [7, 11) is 0. The zero-order valence-electron chi connectivity index (χ0n) is 11.4. The van der Waals surface area contributed by atoms with E-state index < -0.39 is 12.4 Å². The molecule has 1 aromatic rings. The van der Waals surface area contributed by atoms with Gasteiger partial charge in [0.25, 0.3) is 0 Å². The van der Waals surface area contributed by atoms with E-state index in [-0.39, 0.29) is 17.9 Å². The lowest BCUT2D eigenvalue weighted by molar-refractivity contribution is -0.251. The van der Waals surface area contributed by atoms with Crippen molar-refractivity contribution in [3.63, 3.8) is 0 Å². The van der Waals surface area contributed by atoms with Crippen molar-refractivity contribution < 1.29 is 19.7 Å². The Balaban J connectivity index is 1.82. The molecule has 1 fully saturated rings. The molecule has 2 rings (SSSR count). The van der Waals surface area contributed by atoms with E-state index >= 15 is 0 Å². The van der Waals surface area contributed by atoms with E-state index in [4.69, 9.17) is 9.47 Å². The molecular weight excluding hydrogens is 244 g/mol. The molecule has 0 amide bonds. The topological polar surface area (TPSA) is 58.9 Å². The standard InChI is InChI=1S/C15H22O4/c1-10-13(19-15(17)11(2)14(10)16)9-18-8-12-6-4-3-5-7-12/h3-7,10-11,13-17H,8-9H2,1-2H3/t10-,11+,13-,14+,15?/m0/s1. The predicted molar refractivity (Wildman–Crippen MR) is 71.3 cm³/mol. The maximum absolute atomic E-state index is 10.0. The highest BCUT2D eigenvalue weighted by atomic mass is 16.6. The van der Waals surface area contributed by atoms with Crippen LogP contribution >= 0.6 is 0 Å². The average Bonchev–Trinajstić information content (AvgIpc) is 2.43. The highest BCUT2D eigenvalue weighted by Crippen LogP contribution is 2.29. The fourth-order valence-corrected chi connectivity index (χ4v) is 2.35.